The van der Waals surface area contributed by atoms with Crippen molar-refractivity contribution in [3.05, 3.63) is 24.3 Å². The molecule has 4 heteroatoms. The molecule has 1 aliphatic rings. The molecule has 4 nitrogen and oxygen atoms in total. The van der Waals surface area contributed by atoms with Crippen LogP contribution in [0.3, 0.4) is 0 Å². The van der Waals surface area contributed by atoms with Gasteiger partial charge in [-0.1, -0.05) is 6.07 Å². The molecule has 0 spiro atoms. The van der Waals surface area contributed by atoms with Gasteiger partial charge >= 0.3 is 0 Å². The molecular formula is C16H25N3O. The molecule has 0 aliphatic heterocycles. The Morgan fingerprint density at radius 1 is 1.40 bits per heavy atom. The zero-order chi connectivity index (χ0) is 14.7. The molecule has 1 amide bonds. The summed E-state index contributed by atoms with van der Waals surface area (Å²) in [7, 11) is 2.06. The lowest BCUT2D eigenvalue weighted by Crippen LogP contribution is -2.26. The fourth-order valence-corrected chi connectivity index (χ4v) is 2.60. The quantitative estimate of drug-likeness (QED) is 0.888. The van der Waals surface area contributed by atoms with Crippen molar-refractivity contribution in [1.29, 1.82) is 0 Å². The zero-order valence-corrected chi connectivity index (χ0v) is 12.6. The lowest BCUT2D eigenvalue weighted by atomic mass is 10.1. The Morgan fingerprint density at radius 2 is 2.15 bits per heavy atom. The van der Waals surface area contributed by atoms with Crippen molar-refractivity contribution in [3.8, 4) is 0 Å². The summed E-state index contributed by atoms with van der Waals surface area (Å²) in [6.45, 7) is 4.29. The molecule has 1 aliphatic carbocycles. The minimum absolute atomic E-state index is 0.0662. The van der Waals surface area contributed by atoms with Crippen molar-refractivity contribution in [3.63, 3.8) is 0 Å². The normalized spacial score (nSPS) is 22.1. The number of amides is 1. The maximum absolute atomic E-state index is 12.2. The van der Waals surface area contributed by atoms with E-state index in [2.05, 4.69) is 37.2 Å². The molecule has 1 fully saturated rings. The van der Waals surface area contributed by atoms with E-state index in [0.29, 0.717) is 6.04 Å². The summed E-state index contributed by atoms with van der Waals surface area (Å²) in [6.07, 6.45) is 2.66. The number of carbonyl (C=O) groups is 1. The fourth-order valence-electron chi connectivity index (χ4n) is 2.60. The van der Waals surface area contributed by atoms with Crippen molar-refractivity contribution >= 4 is 17.3 Å². The summed E-state index contributed by atoms with van der Waals surface area (Å²) in [5, 5.41) is 3.02. The average molecular weight is 275 g/mol. The molecule has 0 saturated heterocycles. The second-order valence-electron chi connectivity index (χ2n) is 6.01. The third-order valence-corrected chi connectivity index (χ3v) is 4.14. The highest BCUT2D eigenvalue weighted by molar-refractivity contribution is 5.93. The second kappa shape index (κ2) is 6.27. The van der Waals surface area contributed by atoms with E-state index < -0.39 is 0 Å². The Morgan fingerprint density at radius 3 is 2.75 bits per heavy atom. The first-order chi connectivity index (χ1) is 9.47. The Bertz CT molecular complexity index is 473. The molecule has 1 aromatic rings. The van der Waals surface area contributed by atoms with Gasteiger partial charge in [0.2, 0.25) is 5.91 Å². The number of carbonyl (C=O) groups excluding carboxylic acids is 1. The first-order valence-electron chi connectivity index (χ1n) is 7.36. The molecule has 0 bridgehead atoms. The minimum Gasteiger partial charge on any atom is -0.372 e. The van der Waals surface area contributed by atoms with E-state index in [1.807, 2.05) is 18.2 Å². The lowest BCUT2D eigenvalue weighted by molar-refractivity contribution is -0.119. The molecule has 2 rings (SSSR count). The monoisotopic (exact) mass is 275 g/mol. The van der Waals surface area contributed by atoms with E-state index in [4.69, 9.17) is 5.73 Å². The summed E-state index contributed by atoms with van der Waals surface area (Å²) in [5.41, 5.74) is 7.84. The maximum atomic E-state index is 12.2. The third kappa shape index (κ3) is 3.51. The standard InChI is InChI=1S/C16H25N3O/c1-11(2)19(3)15-6-4-5-14(10-15)18-16(20)12-7-8-13(17)9-12/h4-6,10-13H,7-9,17H2,1-3H3,(H,18,20). The number of rotatable bonds is 4. The van der Waals surface area contributed by atoms with Crippen LogP contribution in [0.25, 0.3) is 0 Å². The van der Waals surface area contributed by atoms with Gasteiger partial charge < -0.3 is 16.0 Å². The highest BCUT2D eigenvalue weighted by atomic mass is 16.1. The molecule has 2 atom stereocenters. The summed E-state index contributed by atoms with van der Waals surface area (Å²) in [5.74, 6) is 0.166. The molecular weight excluding hydrogens is 250 g/mol. The van der Waals surface area contributed by atoms with Gasteiger partial charge in [0.1, 0.15) is 0 Å². The van der Waals surface area contributed by atoms with Gasteiger partial charge in [-0.2, -0.15) is 0 Å². The third-order valence-electron chi connectivity index (χ3n) is 4.14. The number of nitrogens with two attached hydrogens (primary N) is 1. The van der Waals surface area contributed by atoms with Gasteiger partial charge in [-0.05, 0) is 51.3 Å². The Kier molecular flexibility index (Phi) is 4.65. The van der Waals surface area contributed by atoms with E-state index in [1.54, 1.807) is 0 Å². The maximum Gasteiger partial charge on any atom is 0.227 e. The van der Waals surface area contributed by atoms with Gasteiger partial charge in [0, 0.05) is 36.4 Å². The van der Waals surface area contributed by atoms with Crippen LogP contribution < -0.4 is 16.0 Å². The molecule has 1 aromatic carbocycles. The van der Waals surface area contributed by atoms with Crippen LogP contribution in [0.15, 0.2) is 24.3 Å². The van der Waals surface area contributed by atoms with E-state index in [-0.39, 0.29) is 17.9 Å². The fraction of sp³-hybridized carbons (Fsp3) is 0.562. The van der Waals surface area contributed by atoms with E-state index in [1.165, 1.54) is 0 Å². The van der Waals surface area contributed by atoms with E-state index in [9.17, 15) is 4.79 Å². The van der Waals surface area contributed by atoms with Crippen LogP contribution >= 0.6 is 0 Å². The predicted molar refractivity (Wildman–Crippen MR) is 83.9 cm³/mol. The average Bonchev–Trinajstić information content (AvgIpc) is 2.85. The van der Waals surface area contributed by atoms with Crippen LogP contribution in [-0.2, 0) is 4.79 Å². The molecule has 20 heavy (non-hydrogen) atoms. The van der Waals surface area contributed by atoms with Gasteiger partial charge in [0.15, 0.2) is 0 Å². The summed E-state index contributed by atoms with van der Waals surface area (Å²) in [4.78, 5) is 14.4. The lowest BCUT2D eigenvalue weighted by Gasteiger charge is -2.24. The van der Waals surface area contributed by atoms with Crippen LogP contribution in [0.1, 0.15) is 33.1 Å². The molecule has 0 aromatic heterocycles. The number of nitrogens with zero attached hydrogens (tertiary/aromatic N) is 1. The van der Waals surface area contributed by atoms with Crippen LogP contribution in [-0.4, -0.2) is 25.0 Å². The minimum atomic E-state index is 0.0662. The molecule has 1 saturated carbocycles. The van der Waals surface area contributed by atoms with Crippen molar-refractivity contribution in [2.45, 2.75) is 45.2 Å². The number of anilines is 2. The summed E-state index contributed by atoms with van der Waals surface area (Å²) < 4.78 is 0. The van der Waals surface area contributed by atoms with E-state index >= 15 is 0 Å². The molecule has 3 N–H and O–H groups in total. The van der Waals surface area contributed by atoms with Crippen molar-refractivity contribution in [2.75, 3.05) is 17.3 Å². The highest BCUT2D eigenvalue weighted by Crippen LogP contribution is 2.26. The van der Waals surface area contributed by atoms with E-state index in [0.717, 1.165) is 30.6 Å². The first-order valence-corrected chi connectivity index (χ1v) is 7.36. The Hall–Kier alpha value is -1.55. The topological polar surface area (TPSA) is 58.4 Å². The van der Waals surface area contributed by atoms with Crippen LogP contribution in [0.2, 0.25) is 0 Å². The van der Waals surface area contributed by atoms with Crippen molar-refractivity contribution in [2.24, 2.45) is 11.7 Å². The highest BCUT2D eigenvalue weighted by Gasteiger charge is 2.27. The zero-order valence-electron chi connectivity index (χ0n) is 12.6. The Balaban J connectivity index is 2.02. The van der Waals surface area contributed by atoms with Gasteiger partial charge in [0.25, 0.3) is 0 Å². The van der Waals surface area contributed by atoms with Crippen LogP contribution in [0.5, 0.6) is 0 Å². The first kappa shape index (κ1) is 14.9. The molecule has 2 unspecified atom stereocenters. The number of benzene rings is 1. The second-order valence-corrected chi connectivity index (χ2v) is 6.01. The van der Waals surface area contributed by atoms with Gasteiger partial charge in [-0.25, -0.2) is 0 Å². The van der Waals surface area contributed by atoms with Crippen molar-refractivity contribution in [1.82, 2.24) is 0 Å². The van der Waals surface area contributed by atoms with Crippen LogP contribution in [0, 0.1) is 5.92 Å². The smallest absolute Gasteiger partial charge is 0.227 e. The SMILES string of the molecule is CC(C)N(C)c1cccc(NC(=O)C2CCC(N)C2)c1. The number of hydrogen-bond donors (Lipinski definition) is 2. The predicted octanol–water partition coefficient (Wildman–Crippen LogP) is 2.60. The molecule has 110 valence electrons. The van der Waals surface area contributed by atoms with Gasteiger partial charge in [0.05, 0.1) is 0 Å². The van der Waals surface area contributed by atoms with Crippen LogP contribution in [0.4, 0.5) is 11.4 Å². The van der Waals surface area contributed by atoms with Gasteiger partial charge in [-0.15, -0.1) is 0 Å². The summed E-state index contributed by atoms with van der Waals surface area (Å²) in [6, 6.07) is 8.60. The number of nitrogens with one attached hydrogen (secondary N) is 1. The number of hydrogen-bond acceptors (Lipinski definition) is 3. The molecule has 0 radical (unpaired) electrons. The largest absolute Gasteiger partial charge is 0.372 e. The van der Waals surface area contributed by atoms with Gasteiger partial charge in [-0.3, -0.25) is 4.79 Å². The molecule has 0 heterocycles. The van der Waals surface area contributed by atoms with Crippen molar-refractivity contribution < 1.29 is 4.79 Å². The summed E-state index contributed by atoms with van der Waals surface area (Å²) >= 11 is 0. The Labute approximate surface area is 121 Å².